The van der Waals surface area contributed by atoms with Gasteiger partial charge in [0.25, 0.3) is 0 Å². The van der Waals surface area contributed by atoms with E-state index in [1.807, 2.05) is 11.6 Å². The minimum atomic E-state index is 0.695. The van der Waals surface area contributed by atoms with E-state index >= 15 is 0 Å². The molecule has 1 aromatic rings. The lowest BCUT2D eigenvalue weighted by atomic mass is 10.3. The van der Waals surface area contributed by atoms with E-state index in [-0.39, 0.29) is 0 Å². The lowest BCUT2D eigenvalue weighted by molar-refractivity contribution is 0.282. The summed E-state index contributed by atoms with van der Waals surface area (Å²) in [5.74, 6) is 0.695. The van der Waals surface area contributed by atoms with E-state index in [2.05, 4.69) is 36.6 Å². The largest absolute Gasteiger partial charge is 0.370 e. The van der Waals surface area contributed by atoms with E-state index < -0.39 is 0 Å². The zero-order chi connectivity index (χ0) is 16.8. The second-order valence-corrected chi connectivity index (χ2v) is 7.40. The van der Waals surface area contributed by atoms with Crippen LogP contribution in [0.4, 0.5) is 5.13 Å². The van der Waals surface area contributed by atoms with Crippen LogP contribution < -0.4 is 10.6 Å². The lowest BCUT2D eigenvalue weighted by Gasteiger charge is -2.35. The summed E-state index contributed by atoms with van der Waals surface area (Å²) in [6.45, 7) is 10.2. The summed E-state index contributed by atoms with van der Waals surface area (Å²) < 4.78 is 0. The third-order valence-corrected chi connectivity index (χ3v) is 5.63. The van der Waals surface area contributed by atoms with E-state index in [9.17, 15) is 0 Å². The number of hydrogen-bond acceptors (Lipinski definition) is 6. The van der Waals surface area contributed by atoms with E-state index in [1.165, 1.54) is 19.5 Å². The maximum absolute atomic E-state index is 6.20. The predicted molar refractivity (Wildman–Crippen MR) is 101 cm³/mol. The van der Waals surface area contributed by atoms with Gasteiger partial charge in [-0.15, -0.1) is 11.3 Å². The molecule has 1 aromatic heterocycles. The normalized spacial score (nSPS) is 22.0. The number of likely N-dealkylation sites (N-methyl/N-ethyl adjacent to an activating group) is 1. The van der Waals surface area contributed by atoms with Gasteiger partial charge in [0, 0.05) is 57.4 Å². The Hall–Kier alpha value is -1.38. The molecular weight excluding hydrogens is 322 g/mol. The average molecular weight is 352 g/mol. The van der Waals surface area contributed by atoms with Crippen LogP contribution in [0.25, 0.3) is 0 Å². The second kappa shape index (κ2) is 8.64. The summed E-state index contributed by atoms with van der Waals surface area (Å²) in [6.07, 6.45) is 3.11. The summed E-state index contributed by atoms with van der Waals surface area (Å²) in [4.78, 5) is 18.4. The Labute approximate surface area is 148 Å². The molecule has 24 heavy (non-hydrogen) atoms. The van der Waals surface area contributed by atoms with Gasteiger partial charge < -0.3 is 25.3 Å². The van der Waals surface area contributed by atoms with Crippen molar-refractivity contribution in [3.8, 4) is 0 Å². The van der Waals surface area contributed by atoms with Gasteiger partial charge in [0.1, 0.15) is 0 Å². The fourth-order valence-electron chi connectivity index (χ4n) is 3.23. The molecule has 2 aliphatic rings. The fraction of sp³-hybridized carbons (Fsp3) is 0.750. The van der Waals surface area contributed by atoms with Crippen LogP contribution >= 0.6 is 11.3 Å². The molecular formula is C16H29N7S. The Kier molecular flexibility index (Phi) is 6.28. The van der Waals surface area contributed by atoms with Crippen molar-refractivity contribution >= 4 is 22.4 Å². The molecule has 0 spiro atoms. The molecule has 3 rings (SSSR count). The predicted octanol–water partition coefficient (Wildman–Crippen LogP) is 0.217. The molecule has 7 nitrogen and oxygen atoms in total. The molecule has 2 fully saturated rings. The van der Waals surface area contributed by atoms with E-state index in [4.69, 9.17) is 5.73 Å². The SMILES string of the molecule is CN1CCCN(CCN=C(N)N2CCN(c3nccs3)CC2)CC1. The third kappa shape index (κ3) is 4.81. The van der Waals surface area contributed by atoms with Crippen LogP contribution in [0.1, 0.15) is 6.42 Å². The van der Waals surface area contributed by atoms with Crippen molar-refractivity contribution in [1.82, 2.24) is 19.7 Å². The molecule has 2 aliphatic heterocycles. The van der Waals surface area contributed by atoms with Crippen LogP contribution in [-0.2, 0) is 0 Å². The summed E-state index contributed by atoms with van der Waals surface area (Å²) in [5, 5.41) is 3.13. The highest BCUT2D eigenvalue weighted by molar-refractivity contribution is 7.13. The van der Waals surface area contributed by atoms with Crippen molar-refractivity contribution in [3.05, 3.63) is 11.6 Å². The highest BCUT2D eigenvalue weighted by atomic mass is 32.1. The van der Waals surface area contributed by atoms with Gasteiger partial charge in [0.05, 0.1) is 6.54 Å². The van der Waals surface area contributed by atoms with Crippen molar-refractivity contribution in [1.29, 1.82) is 0 Å². The van der Waals surface area contributed by atoms with Crippen LogP contribution in [-0.4, -0.2) is 98.1 Å². The number of guanidine groups is 1. The molecule has 0 aliphatic carbocycles. The molecule has 0 bridgehead atoms. The minimum absolute atomic E-state index is 0.695. The van der Waals surface area contributed by atoms with Crippen molar-refractivity contribution in [2.45, 2.75) is 6.42 Å². The Balaban J connectivity index is 1.40. The topological polar surface area (TPSA) is 64.2 Å². The summed E-state index contributed by atoms with van der Waals surface area (Å²) >= 11 is 1.70. The first kappa shape index (κ1) is 17.4. The van der Waals surface area contributed by atoms with Gasteiger partial charge in [-0.3, -0.25) is 4.99 Å². The monoisotopic (exact) mass is 351 g/mol. The van der Waals surface area contributed by atoms with Gasteiger partial charge in [-0.2, -0.15) is 0 Å². The van der Waals surface area contributed by atoms with Crippen molar-refractivity contribution in [2.24, 2.45) is 10.7 Å². The number of thiazole rings is 1. The van der Waals surface area contributed by atoms with Crippen molar-refractivity contribution < 1.29 is 0 Å². The van der Waals surface area contributed by atoms with Gasteiger partial charge in [0.15, 0.2) is 11.1 Å². The number of anilines is 1. The quantitative estimate of drug-likeness (QED) is 0.618. The van der Waals surface area contributed by atoms with Crippen LogP contribution in [0.15, 0.2) is 16.6 Å². The molecule has 2 N–H and O–H groups in total. The number of aromatic nitrogens is 1. The fourth-order valence-corrected chi connectivity index (χ4v) is 3.93. The molecule has 0 saturated carbocycles. The Bertz CT molecular complexity index is 511. The summed E-state index contributed by atoms with van der Waals surface area (Å²) in [6, 6.07) is 0. The number of piperazine rings is 1. The van der Waals surface area contributed by atoms with Crippen molar-refractivity contribution in [3.63, 3.8) is 0 Å². The van der Waals surface area contributed by atoms with Crippen LogP contribution in [0.3, 0.4) is 0 Å². The van der Waals surface area contributed by atoms with Crippen molar-refractivity contribution in [2.75, 3.05) is 77.4 Å². The second-order valence-electron chi connectivity index (χ2n) is 6.53. The maximum atomic E-state index is 6.20. The number of hydrogen-bond donors (Lipinski definition) is 1. The Morgan fingerprint density at radius 2 is 2.00 bits per heavy atom. The van der Waals surface area contributed by atoms with Gasteiger partial charge in [-0.25, -0.2) is 4.98 Å². The van der Waals surface area contributed by atoms with E-state index in [0.29, 0.717) is 5.96 Å². The van der Waals surface area contributed by atoms with Gasteiger partial charge >= 0.3 is 0 Å². The first-order valence-corrected chi connectivity index (χ1v) is 9.70. The number of nitrogens with zero attached hydrogens (tertiary/aromatic N) is 6. The molecule has 3 heterocycles. The Morgan fingerprint density at radius 1 is 1.17 bits per heavy atom. The number of rotatable bonds is 4. The molecule has 8 heteroatoms. The number of aliphatic imine (C=N–C) groups is 1. The maximum Gasteiger partial charge on any atom is 0.191 e. The highest BCUT2D eigenvalue weighted by Gasteiger charge is 2.19. The summed E-state index contributed by atoms with van der Waals surface area (Å²) in [7, 11) is 2.20. The van der Waals surface area contributed by atoms with E-state index in [1.54, 1.807) is 11.3 Å². The number of nitrogens with two attached hydrogens (primary N) is 1. The first-order valence-electron chi connectivity index (χ1n) is 8.82. The molecule has 2 saturated heterocycles. The summed E-state index contributed by atoms with van der Waals surface area (Å²) in [5.41, 5.74) is 6.20. The zero-order valence-corrected chi connectivity index (χ0v) is 15.4. The molecule has 0 radical (unpaired) electrons. The Morgan fingerprint density at radius 3 is 2.75 bits per heavy atom. The molecule has 0 atom stereocenters. The molecule has 0 unspecified atom stereocenters. The van der Waals surface area contributed by atoms with Gasteiger partial charge in [-0.1, -0.05) is 0 Å². The van der Waals surface area contributed by atoms with Crippen LogP contribution in [0.2, 0.25) is 0 Å². The first-order chi connectivity index (χ1) is 11.7. The molecule has 0 aromatic carbocycles. The smallest absolute Gasteiger partial charge is 0.191 e. The van der Waals surface area contributed by atoms with Crippen LogP contribution in [0, 0.1) is 0 Å². The highest BCUT2D eigenvalue weighted by Crippen LogP contribution is 2.18. The molecule has 134 valence electrons. The average Bonchev–Trinajstić information content (AvgIpc) is 3.06. The zero-order valence-electron chi connectivity index (χ0n) is 14.6. The van der Waals surface area contributed by atoms with Gasteiger partial charge in [0.2, 0.25) is 0 Å². The lowest BCUT2D eigenvalue weighted by Crippen LogP contribution is -2.51. The van der Waals surface area contributed by atoms with Gasteiger partial charge in [-0.05, 0) is 26.6 Å². The van der Waals surface area contributed by atoms with Crippen LogP contribution in [0.5, 0.6) is 0 Å². The third-order valence-electron chi connectivity index (χ3n) is 4.80. The minimum Gasteiger partial charge on any atom is -0.370 e. The van der Waals surface area contributed by atoms with E-state index in [0.717, 1.165) is 57.5 Å². The molecule has 0 amide bonds. The standard InChI is InChI=1S/C16H29N7S/c1-20-5-2-6-21(9-8-20)7-3-18-15(17)22-10-12-23(13-11-22)16-19-4-14-24-16/h4,14H,2-3,5-13H2,1H3,(H2,17,18).